The number of ether oxygens (including phenoxy) is 1. The molecule has 226 valence electrons. The Bertz CT molecular complexity index is 1690. The van der Waals surface area contributed by atoms with E-state index in [1.165, 1.54) is 23.3 Å². The topological polar surface area (TPSA) is 97.9 Å². The number of hydrogen-bond donors (Lipinski definition) is 1. The first-order chi connectivity index (χ1) is 20.0. The van der Waals surface area contributed by atoms with Gasteiger partial charge in [0.25, 0.3) is 0 Å². The van der Waals surface area contributed by atoms with Gasteiger partial charge in [-0.25, -0.2) is 22.7 Å². The molecule has 0 radical (unpaired) electrons. The molecule has 6 rings (SSSR count). The van der Waals surface area contributed by atoms with E-state index >= 15 is 0 Å². The summed E-state index contributed by atoms with van der Waals surface area (Å²) in [4.78, 5) is 20.0. The molecule has 3 aromatic heterocycles. The normalized spacial score (nSPS) is 18.1. The molecule has 0 aliphatic carbocycles. The van der Waals surface area contributed by atoms with Crippen molar-refractivity contribution in [2.24, 2.45) is 0 Å². The van der Waals surface area contributed by atoms with Crippen LogP contribution >= 0.6 is 11.3 Å². The van der Waals surface area contributed by atoms with Gasteiger partial charge in [-0.2, -0.15) is 13.2 Å². The summed E-state index contributed by atoms with van der Waals surface area (Å²) in [5.74, 6) is 1.20. The second-order valence-corrected chi connectivity index (χ2v) is 14.1. The minimum absolute atomic E-state index is 0.143. The molecule has 2 fully saturated rings. The summed E-state index contributed by atoms with van der Waals surface area (Å²) >= 11 is 1.59. The van der Waals surface area contributed by atoms with Crippen molar-refractivity contribution in [2.75, 3.05) is 78.0 Å². The molecule has 4 aromatic rings. The number of H-pyrrole nitrogens is 1. The molecule has 2 saturated heterocycles. The van der Waals surface area contributed by atoms with Gasteiger partial charge in [-0.1, -0.05) is 0 Å². The Balaban J connectivity index is 1.38. The molecule has 10 nitrogen and oxygen atoms in total. The molecule has 42 heavy (non-hydrogen) atoms. The minimum Gasteiger partial charge on any atom is -0.378 e. The van der Waals surface area contributed by atoms with Gasteiger partial charge in [0.15, 0.2) is 11.6 Å². The number of thiophene rings is 1. The number of alkyl halides is 3. The van der Waals surface area contributed by atoms with Crippen molar-refractivity contribution in [3.05, 3.63) is 35.3 Å². The number of fused-ring (bicyclic) bond motifs is 2. The van der Waals surface area contributed by atoms with Crippen molar-refractivity contribution in [2.45, 2.75) is 17.6 Å². The van der Waals surface area contributed by atoms with E-state index in [0.717, 1.165) is 26.3 Å². The Hall–Kier alpha value is -2.82. The van der Waals surface area contributed by atoms with Crippen LogP contribution in [0.2, 0.25) is 0 Å². The van der Waals surface area contributed by atoms with E-state index in [0.29, 0.717) is 75.9 Å². The van der Waals surface area contributed by atoms with Gasteiger partial charge < -0.3 is 14.6 Å². The lowest BCUT2D eigenvalue weighted by Crippen LogP contribution is -2.48. The molecule has 1 aromatic carbocycles. The van der Waals surface area contributed by atoms with Gasteiger partial charge in [0.1, 0.15) is 0 Å². The first-order valence-corrected chi connectivity index (χ1v) is 15.9. The predicted octanol–water partition coefficient (Wildman–Crippen LogP) is 3.61. The Morgan fingerprint density at radius 3 is 2.43 bits per heavy atom. The van der Waals surface area contributed by atoms with Gasteiger partial charge in [0, 0.05) is 87.4 Å². The van der Waals surface area contributed by atoms with Gasteiger partial charge in [-0.05, 0) is 24.3 Å². The van der Waals surface area contributed by atoms with E-state index in [1.807, 2.05) is 12.1 Å². The number of sulfonamides is 1. The number of hydrogen-bond acceptors (Lipinski definition) is 9. The fourth-order valence-electron chi connectivity index (χ4n) is 5.42. The number of nitrogens with one attached hydrogen (secondary N) is 1. The summed E-state index contributed by atoms with van der Waals surface area (Å²) in [5, 5.41) is 0.812. The Morgan fingerprint density at radius 2 is 1.74 bits per heavy atom. The maximum atomic E-state index is 13.1. The molecular formula is C27H32F3N7O3S2. The molecule has 2 aliphatic heterocycles. The monoisotopic (exact) mass is 623 g/mol. The zero-order chi connectivity index (χ0) is 29.6. The second-order valence-electron chi connectivity index (χ2n) is 10.8. The van der Waals surface area contributed by atoms with Crippen LogP contribution in [0.15, 0.2) is 35.4 Å². The lowest BCUT2D eigenvalue weighted by molar-refractivity contribution is -0.149. The first-order valence-electron chi connectivity index (χ1n) is 13.7. The van der Waals surface area contributed by atoms with Crippen LogP contribution in [0.1, 0.15) is 4.88 Å². The maximum Gasteiger partial charge on any atom is 0.401 e. The third-order valence-electron chi connectivity index (χ3n) is 7.62. The highest BCUT2D eigenvalue weighted by Gasteiger charge is 2.32. The molecule has 1 N–H and O–H groups in total. The van der Waals surface area contributed by atoms with Crippen LogP contribution < -0.4 is 4.90 Å². The van der Waals surface area contributed by atoms with Crippen molar-refractivity contribution >= 4 is 48.3 Å². The van der Waals surface area contributed by atoms with Crippen LogP contribution in [0.5, 0.6) is 0 Å². The van der Waals surface area contributed by atoms with Crippen molar-refractivity contribution in [1.82, 2.24) is 29.1 Å². The van der Waals surface area contributed by atoms with E-state index in [-0.39, 0.29) is 4.90 Å². The standard InChI is InChI=1S/C27H32F3N7O3S2/c1-34(2)42(38,39)19-14-21(20-3-4-31-22(20)15-19)25-32-23-13-18(16-35-5-7-36(8-6-35)17-27(28,29)30)41-24(23)26(33-25)37-9-11-40-12-10-37/h3-4,13-15,31H,5-12,16-17H2,1-2H3. The molecule has 0 amide bonds. The molecule has 15 heteroatoms. The fraction of sp³-hybridized carbons (Fsp3) is 0.481. The van der Waals surface area contributed by atoms with Gasteiger partial charge in [-0.3, -0.25) is 9.80 Å². The van der Waals surface area contributed by atoms with Gasteiger partial charge in [0.05, 0.1) is 34.9 Å². The van der Waals surface area contributed by atoms with Gasteiger partial charge >= 0.3 is 6.18 Å². The number of rotatable bonds is 7. The number of piperazine rings is 1. The highest BCUT2D eigenvalue weighted by atomic mass is 32.2. The van der Waals surface area contributed by atoms with Crippen LogP contribution in [-0.4, -0.2) is 117 Å². The summed E-state index contributed by atoms with van der Waals surface area (Å²) in [6.07, 6.45) is -2.43. The summed E-state index contributed by atoms with van der Waals surface area (Å²) in [5.41, 5.74) is 2.03. The molecule has 0 saturated carbocycles. The number of anilines is 1. The smallest absolute Gasteiger partial charge is 0.378 e. The molecule has 0 unspecified atom stereocenters. The molecule has 5 heterocycles. The average molecular weight is 624 g/mol. The summed E-state index contributed by atoms with van der Waals surface area (Å²) in [6.45, 7) is 4.03. The number of morpholine rings is 1. The lowest BCUT2D eigenvalue weighted by Gasteiger charge is -2.34. The minimum atomic E-state index is -4.19. The molecule has 0 bridgehead atoms. The van der Waals surface area contributed by atoms with E-state index in [9.17, 15) is 21.6 Å². The van der Waals surface area contributed by atoms with Crippen molar-refractivity contribution in [1.29, 1.82) is 0 Å². The summed E-state index contributed by atoms with van der Waals surface area (Å²) < 4.78 is 72.3. The largest absolute Gasteiger partial charge is 0.401 e. The summed E-state index contributed by atoms with van der Waals surface area (Å²) in [7, 11) is -0.723. The van der Waals surface area contributed by atoms with Gasteiger partial charge in [0.2, 0.25) is 10.0 Å². The van der Waals surface area contributed by atoms with E-state index in [1.54, 1.807) is 29.7 Å². The Morgan fingerprint density at radius 1 is 1.02 bits per heavy atom. The first kappa shape index (κ1) is 29.3. The SMILES string of the molecule is CN(C)S(=O)(=O)c1cc(-c2nc(N3CCOCC3)c3sc(CN4CCN(CC(F)(F)F)CC4)cc3n2)c2cc[nH]c2c1. The van der Waals surface area contributed by atoms with E-state index in [2.05, 4.69) is 14.8 Å². The number of nitrogens with zero attached hydrogens (tertiary/aromatic N) is 6. The van der Waals surface area contributed by atoms with Gasteiger partial charge in [-0.15, -0.1) is 11.3 Å². The predicted molar refractivity (Wildman–Crippen MR) is 156 cm³/mol. The Kier molecular flexibility index (Phi) is 7.91. The lowest BCUT2D eigenvalue weighted by atomic mass is 10.1. The molecule has 0 atom stereocenters. The molecule has 2 aliphatic rings. The second kappa shape index (κ2) is 11.4. The number of aromatic amines is 1. The molecular weight excluding hydrogens is 591 g/mol. The van der Waals surface area contributed by atoms with Crippen molar-refractivity contribution in [3.8, 4) is 11.4 Å². The highest BCUT2D eigenvalue weighted by Crippen LogP contribution is 2.37. The number of halogens is 3. The highest BCUT2D eigenvalue weighted by molar-refractivity contribution is 7.89. The molecule has 0 spiro atoms. The van der Waals surface area contributed by atoms with Crippen molar-refractivity contribution < 1.29 is 26.3 Å². The third-order valence-corrected chi connectivity index (χ3v) is 10.5. The fourth-order valence-corrected chi connectivity index (χ4v) is 7.53. The van der Waals surface area contributed by atoms with E-state index in [4.69, 9.17) is 14.7 Å². The van der Waals surface area contributed by atoms with Crippen LogP contribution in [0, 0.1) is 0 Å². The Labute approximate surface area is 245 Å². The quantitative estimate of drug-likeness (QED) is 0.334. The van der Waals surface area contributed by atoms with Crippen molar-refractivity contribution in [3.63, 3.8) is 0 Å². The van der Waals surface area contributed by atoms with Crippen LogP contribution in [0.3, 0.4) is 0 Å². The zero-order valence-corrected chi connectivity index (χ0v) is 24.9. The third kappa shape index (κ3) is 5.98. The summed E-state index contributed by atoms with van der Waals surface area (Å²) in [6, 6.07) is 7.15. The van der Waals surface area contributed by atoms with Crippen LogP contribution in [0.4, 0.5) is 19.0 Å². The number of aromatic nitrogens is 3. The van der Waals surface area contributed by atoms with Crippen LogP contribution in [0.25, 0.3) is 32.5 Å². The van der Waals surface area contributed by atoms with E-state index < -0.39 is 22.7 Å². The zero-order valence-electron chi connectivity index (χ0n) is 23.3. The average Bonchev–Trinajstić information content (AvgIpc) is 3.59. The maximum absolute atomic E-state index is 13.1. The number of benzene rings is 1. The van der Waals surface area contributed by atoms with Crippen LogP contribution in [-0.2, 0) is 21.3 Å².